The smallest absolute Gasteiger partial charge is 0.152 e. The van der Waals surface area contributed by atoms with Crippen LogP contribution in [0, 0.1) is 17.3 Å². The van der Waals surface area contributed by atoms with Gasteiger partial charge >= 0.3 is 0 Å². The summed E-state index contributed by atoms with van der Waals surface area (Å²) in [6.07, 6.45) is 6.45. The number of rotatable bonds is 4. The minimum atomic E-state index is -0.169. The summed E-state index contributed by atoms with van der Waals surface area (Å²) in [4.78, 5) is 11.4. The van der Waals surface area contributed by atoms with E-state index in [0.29, 0.717) is 17.9 Å². The maximum atomic E-state index is 9.95. The van der Waals surface area contributed by atoms with Gasteiger partial charge in [0, 0.05) is 32.2 Å². The van der Waals surface area contributed by atoms with Crippen molar-refractivity contribution in [3.05, 3.63) is 65.2 Å². The number of hydrogen-bond donors (Lipinski definition) is 3. The summed E-state index contributed by atoms with van der Waals surface area (Å²) < 4.78 is 1.75. The SMILES string of the molecule is Cn1nccc1NCC#Cc1cnc(N2CCC3(CC2)Cc2ccccc2[C@H]3N)c(CO)n1. The molecule has 33 heavy (non-hydrogen) atoms. The van der Waals surface area contributed by atoms with Crippen molar-refractivity contribution in [2.24, 2.45) is 18.2 Å². The third-order valence-corrected chi connectivity index (χ3v) is 7.02. The zero-order valence-electron chi connectivity index (χ0n) is 18.8. The van der Waals surface area contributed by atoms with Crippen LogP contribution in [0.15, 0.2) is 42.7 Å². The number of piperidine rings is 1. The van der Waals surface area contributed by atoms with Crippen molar-refractivity contribution in [1.82, 2.24) is 19.7 Å². The predicted octanol–water partition coefficient (Wildman–Crippen LogP) is 2.01. The molecule has 5 rings (SSSR count). The van der Waals surface area contributed by atoms with Crippen LogP contribution in [0.2, 0.25) is 0 Å². The second kappa shape index (κ2) is 8.85. The molecule has 1 fully saturated rings. The molecule has 0 bridgehead atoms. The maximum Gasteiger partial charge on any atom is 0.152 e. The number of hydrogen-bond acceptors (Lipinski definition) is 7. The first-order valence-electron chi connectivity index (χ1n) is 11.4. The lowest BCUT2D eigenvalue weighted by molar-refractivity contribution is 0.186. The normalized spacial score (nSPS) is 18.6. The Bertz CT molecular complexity index is 1200. The molecule has 8 heteroatoms. The Hall–Kier alpha value is -3.41. The van der Waals surface area contributed by atoms with Gasteiger partial charge < -0.3 is 21.1 Å². The highest BCUT2D eigenvalue weighted by Gasteiger charge is 2.46. The van der Waals surface area contributed by atoms with Crippen molar-refractivity contribution in [3.8, 4) is 11.8 Å². The van der Waals surface area contributed by atoms with Crippen molar-refractivity contribution >= 4 is 11.6 Å². The van der Waals surface area contributed by atoms with E-state index in [0.717, 1.165) is 44.0 Å². The molecule has 0 saturated carbocycles. The van der Waals surface area contributed by atoms with Gasteiger partial charge in [-0.25, -0.2) is 9.97 Å². The van der Waals surface area contributed by atoms with Gasteiger partial charge in [-0.2, -0.15) is 5.10 Å². The summed E-state index contributed by atoms with van der Waals surface area (Å²) in [5.74, 6) is 7.72. The van der Waals surface area contributed by atoms with E-state index in [1.54, 1.807) is 17.1 Å². The summed E-state index contributed by atoms with van der Waals surface area (Å²) in [6, 6.07) is 10.5. The lowest BCUT2D eigenvalue weighted by Gasteiger charge is -2.42. The van der Waals surface area contributed by atoms with E-state index in [1.165, 1.54) is 11.1 Å². The van der Waals surface area contributed by atoms with Crippen LogP contribution < -0.4 is 16.0 Å². The van der Waals surface area contributed by atoms with E-state index >= 15 is 0 Å². The summed E-state index contributed by atoms with van der Waals surface area (Å²) in [5.41, 5.74) is 10.6. The average molecular weight is 444 g/mol. The Kier molecular flexibility index (Phi) is 5.75. The van der Waals surface area contributed by atoms with Gasteiger partial charge in [0.1, 0.15) is 17.2 Å². The molecular formula is C25H29N7O. The van der Waals surface area contributed by atoms with Gasteiger partial charge in [-0.3, -0.25) is 4.68 Å². The second-order valence-corrected chi connectivity index (χ2v) is 8.88. The Morgan fingerprint density at radius 3 is 2.79 bits per heavy atom. The largest absolute Gasteiger partial charge is 0.390 e. The Balaban J connectivity index is 1.24. The van der Waals surface area contributed by atoms with Crippen LogP contribution in [0.3, 0.4) is 0 Å². The molecule has 1 aliphatic heterocycles. The molecule has 1 spiro atoms. The third kappa shape index (κ3) is 4.06. The number of nitrogens with zero attached hydrogens (tertiary/aromatic N) is 5. The fourth-order valence-corrected chi connectivity index (χ4v) is 5.14. The van der Waals surface area contributed by atoms with Gasteiger partial charge in [-0.15, -0.1) is 0 Å². The van der Waals surface area contributed by atoms with Gasteiger partial charge in [-0.1, -0.05) is 30.2 Å². The maximum absolute atomic E-state index is 9.95. The van der Waals surface area contributed by atoms with E-state index in [-0.39, 0.29) is 18.1 Å². The Morgan fingerprint density at radius 2 is 2.06 bits per heavy atom. The van der Waals surface area contributed by atoms with Crippen LogP contribution >= 0.6 is 0 Å². The van der Waals surface area contributed by atoms with Gasteiger partial charge in [0.25, 0.3) is 0 Å². The summed E-state index contributed by atoms with van der Waals surface area (Å²) in [6.45, 7) is 2.00. The van der Waals surface area contributed by atoms with Crippen molar-refractivity contribution in [1.29, 1.82) is 0 Å². The second-order valence-electron chi connectivity index (χ2n) is 8.88. The highest BCUT2D eigenvalue weighted by Crippen LogP contribution is 2.50. The average Bonchev–Trinajstić information content (AvgIpc) is 3.38. The predicted molar refractivity (Wildman–Crippen MR) is 127 cm³/mol. The molecule has 1 aromatic carbocycles. The molecule has 1 atom stereocenters. The molecule has 1 aliphatic carbocycles. The first-order valence-corrected chi connectivity index (χ1v) is 11.4. The van der Waals surface area contributed by atoms with Crippen molar-refractivity contribution in [2.75, 3.05) is 29.9 Å². The fourth-order valence-electron chi connectivity index (χ4n) is 5.14. The standard InChI is InChI=1S/C25H29N7O/c1-31-22(8-12-29-31)27-11-4-6-19-16-28-24(21(17-33)30-19)32-13-9-25(10-14-32)15-18-5-2-3-7-20(18)23(25)26/h2-3,5,7-8,12,16,23,27,33H,9-11,13-15,17,26H2,1H3/t23-/m1/s1. The Labute approximate surface area is 193 Å². The van der Waals surface area contributed by atoms with E-state index in [2.05, 4.69) is 61.4 Å². The zero-order valence-corrected chi connectivity index (χ0v) is 18.8. The number of aromatic nitrogens is 4. The molecule has 8 nitrogen and oxygen atoms in total. The molecule has 1 saturated heterocycles. The topological polar surface area (TPSA) is 105 Å². The molecule has 0 radical (unpaired) electrons. The number of benzene rings is 1. The monoisotopic (exact) mass is 443 g/mol. The zero-order chi connectivity index (χ0) is 22.8. The minimum Gasteiger partial charge on any atom is -0.390 e. The number of aliphatic hydroxyl groups is 1. The highest BCUT2D eigenvalue weighted by atomic mass is 16.3. The van der Waals surface area contributed by atoms with Crippen LogP contribution in [0.4, 0.5) is 11.6 Å². The van der Waals surface area contributed by atoms with Gasteiger partial charge in [-0.05, 0) is 41.7 Å². The van der Waals surface area contributed by atoms with E-state index < -0.39 is 0 Å². The third-order valence-electron chi connectivity index (χ3n) is 7.02. The number of anilines is 2. The highest BCUT2D eigenvalue weighted by molar-refractivity contribution is 5.47. The first kappa shape index (κ1) is 21.4. The molecule has 4 N–H and O–H groups in total. The molecule has 170 valence electrons. The van der Waals surface area contributed by atoms with Crippen molar-refractivity contribution in [2.45, 2.75) is 31.9 Å². The first-order chi connectivity index (χ1) is 16.1. The number of fused-ring (bicyclic) bond motifs is 1. The molecule has 3 aromatic rings. The quantitative estimate of drug-likeness (QED) is 0.530. The van der Waals surface area contributed by atoms with E-state index in [4.69, 9.17) is 5.73 Å². The lowest BCUT2D eigenvalue weighted by atomic mass is 9.73. The minimum absolute atomic E-state index is 0.0804. The van der Waals surface area contributed by atoms with Crippen LogP contribution in [0.1, 0.15) is 41.4 Å². The van der Waals surface area contributed by atoms with Gasteiger partial charge in [0.2, 0.25) is 0 Å². The van der Waals surface area contributed by atoms with Gasteiger partial charge in [0.15, 0.2) is 5.82 Å². The van der Waals surface area contributed by atoms with Crippen LogP contribution in [-0.4, -0.2) is 44.5 Å². The lowest BCUT2D eigenvalue weighted by Crippen LogP contribution is -2.45. The van der Waals surface area contributed by atoms with Crippen LogP contribution in [-0.2, 0) is 20.1 Å². The van der Waals surface area contributed by atoms with E-state index in [1.807, 2.05) is 13.1 Å². The molecule has 3 heterocycles. The van der Waals surface area contributed by atoms with Crippen molar-refractivity contribution < 1.29 is 5.11 Å². The Morgan fingerprint density at radius 1 is 1.24 bits per heavy atom. The van der Waals surface area contributed by atoms with Crippen molar-refractivity contribution in [3.63, 3.8) is 0 Å². The molecular weight excluding hydrogens is 414 g/mol. The summed E-state index contributed by atoms with van der Waals surface area (Å²) in [7, 11) is 1.87. The molecule has 0 amide bonds. The number of aliphatic hydroxyl groups excluding tert-OH is 1. The molecule has 2 aromatic heterocycles. The number of aryl methyl sites for hydroxylation is 1. The fraction of sp³-hybridized carbons (Fsp3) is 0.400. The van der Waals surface area contributed by atoms with E-state index in [9.17, 15) is 5.11 Å². The summed E-state index contributed by atoms with van der Waals surface area (Å²) >= 11 is 0. The number of nitrogens with two attached hydrogens (primary N) is 1. The molecule has 0 unspecified atom stereocenters. The molecule has 2 aliphatic rings. The number of nitrogens with one attached hydrogen (secondary N) is 1. The van der Waals surface area contributed by atoms with Gasteiger partial charge in [0.05, 0.1) is 25.5 Å². The van der Waals surface area contributed by atoms with Crippen LogP contribution in [0.5, 0.6) is 0 Å². The summed E-state index contributed by atoms with van der Waals surface area (Å²) in [5, 5.41) is 17.3. The van der Waals surface area contributed by atoms with Crippen LogP contribution in [0.25, 0.3) is 0 Å².